The summed E-state index contributed by atoms with van der Waals surface area (Å²) in [6, 6.07) is 0. The van der Waals surface area contributed by atoms with Crippen LogP contribution in [-0.4, -0.2) is 40.2 Å². The molecule has 0 radical (unpaired) electrons. The number of carboxylic acids is 1. The second-order valence-electron chi connectivity index (χ2n) is 4.89. The second kappa shape index (κ2) is 6.27. The van der Waals surface area contributed by atoms with Crippen molar-refractivity contribution in [3.05, 3.63) is 5.21 Å². The van der Waals surface area contributed by atoms with E-state index in [1.165, 1.54) is 5.01 Å². The van der Waals surface area contributed by atoms with Crippen LogP contribution in [0.5, 0.6) is 0 Å². The van der Waals surface area contributed by atoms with Crippen molar-refractivity contribution in [3.63, 3.8) is 0 Å². The molecule has 0 saturated carbocycles. The normalized spacial score (nSPS) is 14.3. The molecule has 0 spiro atoms. The predicted molar refractivity (Wildman–Crippen MR) is 60.9 cm³/mol. The molecule has 0 heterocycles. The zero-order valence-corrected chi connectivity index (χ0v) is 11.0. The Bertz CT molecular complexity index is 286. The number of rotatable bonds is 6. The Kier molecular flexibility index (Phi) is 5.70. The maximum Gasteiger partial charge on any atom is 0.306 e. The highest BCUT2D eigenvalue weighted by Crippen LogP contribution is 2.10. The average molecular weight is 247 g/mol. The molecule has 0 aliphatic carbocycles. The molecule has 17 heavy (non-hydrogen) atoms. The molecule has 0 aliphatic rings. The van der Waals surface area contributed by atoms with E-state index in [1.54, 1.807) is 14.0 Å². The molecule has 7 heteroatoms. The number of hydrogen-bond donors (Lipinski definition) is 1. The molecule has 0 aromatic carbocycles. The van der Waals surface area contributed by atoms with Crippen LogP contribution < -0.4 is 0 Å². The number of hydrogen-bond acceptors (Lipinski definition) is 4. The van der Waals surface area contributed by atoms with Crippen molar-refractivity contribution in [1.82, 2.24) is 5.01 Å². The standard InChI is InChI=1S/C10H21N3O4/c1-8(9(14)15)6-7-17-11-13(16)12(5)10(2,3)4/h8H,6-7H2,1-5H3,(H,14,15)/b13-11+. The third-order valence-electron chi connectivity index (χ3n) is 2.42. The van der Waals surface area contributed by atoms with Gasteiger partial charge in [-0.1, -0.05) is 6.92 Å². The van der Waals surface area contributed by atoms with Crippen LogP contribution in [0.1, 0.15) is 34.1 Å². The lowest BCUT2D eigenvalue weighted by Crippen LogP contribution is -2.42. The fraction of sp³-hybridized carbons (Fsp3) is 0.900. The van der Waals surface area contributed by atoms with E-state index in [1.807, 2.05) is 20.8 Å². The molecule has 1 N–H and O–H groups in total. The van der Waals surface area contributed by atoms with Gasteiger partial charge in [0.1, 0.15) is 6.61 Å². The van der Waals surface area contributed by atoms with Crippen LogP contribution in [0.2, 0.25) is 0 Å². The van der Waals surface area contributed by atoms with Crippen molar-refractivity contribution in [2.24, 2.45) is 11.2 Å². The molecule has 0 aromatic heterocycles. The van der Waals surface area contributed by atoms with E-state index in [2.05, 4.69) is 5.28 Å². The van der Waals surface area contributed by atoms with Gasteiger partial charge in [-0.3, -0.25) is 4.79 Å². The van der Waals surface area contributed by atoms with E-state index in [0.717, 1.165) is 0 Å². The van der Waals surface area contributed by atoms with E-state index in [4.69, 9.17) is 9.94 Å². The van der Waals surface area contributed by atoms with Crippen LogP contribution in [0.25, 0.3) is 0 Å². The Morgan fingerprint density at radius 2 is 2.12 bits per heavy atom. The highest BCUT2D eigenvalue weighted by Gasteiger charge is 2.24. The highest BCUT2D eigenvalue weighted by atomic mass is 16.7. The van der Waals surface area contributed by atoms with Gasteiger partial charge in [0.05, 0.1) is 23.5 Å². The topological polar surface area (TPSA) is 88.2 Å². The largest absolute Gasteiger partial charge is 0.569 e. The minimum Gasteiger partial charge on any atom is -0.569 e. The predicted octanol–water partition coefficient (Wildman–Crippen LogP) is 1.64. The molecule has 1 unspecified atom stereocenters. The first-order valence-electron chi connectivity index (χ1n) is 5.43. The molecule has 1 atom stereocenters. The van der Waals surface area contributed by atoms with Gasteiger partial charge in [0.2, 0.25) is 5.28 Å². The van der Waals surface area contributed by atoms with Crippen LogP contribution in [0.3, 0.4) is 0 Å². The van der Waals surface area contributed by atoms with Crippen molar-refractivity contribution in [2.75, 3.05) is 13.7 Å². The van der Waals surface area contributed by atoms with Crippen molar-refractivity contribution < 1.29 is 19.7 Å². The van der Waals surface area contributed by atoms with Crippen LogP contribution in [0.4, 0.5) is 0 Å². The summed E-state index contributed by atoms with van der Waals surface area (Å²) in [6.45, 7) is 7.26. The lowest BCUT2D eigenvalue weighted by molar-refractivity contribution is -0.719. The van der Waals surface area contributed by atoms with Gasteiger partial charge in [-0.2, -0.15) is 0 Å². The quantitative estimate of drug-likeness (QED) is 0.333. The summed E-state index contributed by atoms with van der Waals surface area (Å²) < 4.78 is 0. The molecular formula is C10H21N3O4. The van der Waals surface area contributed by atoms with Gasteiger partial charge in [0.25, 0.3) is 0 Å². The zero-order valence-electron chi connectivity index (χ0n) is 11.0. The summed E-state index contributed by atoms with van der Waals surface area (Å²) in [7, 11) is 1.60. The number of aliphatic carboxylic acids is 1. The van der Waals surface area contributed by atoms with Crippen molar-refractivity contribution in [3.8, 4) is 0 Å². The third kappa shape index (κ3) is 5.94. The second-order valence-corrected chi connectivity index (χ2v) is 4.89. The Labute approximate surface area is 101 Å². The highest BCUT2D eigenvalue weighted by molar-refractivity contribution is 5.69. The molecule has 100 valence electrons. The molecule has 0 amide bonds. The molecule has 0 aromatic rings. The lowest BCUT2D eigenvalue weighted by atomic mass is 10.1. The van der Waals surface area contributed by atoms with Gasteiger partial charge in [0.15, 0.2) is 0 Å². The van der Waals surface area contributed by atoms with Crippen LogP contribution >= 0.6 is 0 Å². The fourth-order valence-corrected chi connectivity index (χ4v) is 0.755. The molecule has 0 fully saturated rings. The summed E-state index contributed by atoms with van der Waals surface area (Å²) in [5.74, 6) is -1.40. The number of carboxylic acid groups (broad SMARTS) is 1. The maximum absolute atomic E-state index is 11.4. The number of carbonyl (C=O) groups is 1. The van der Waals surface area contributed by atoms with E-state index in [0.29, 0.717) is 11.4 Å². The lowest BCUT2D eigenvalue weighted by Gasteiger charge is -2.26. The molecule has 0 saturated heterocycles. The van der Waals surface area contributed by atoms with Crippen molar-refractivity contribution in [2.45, 2.75) is 39.7 Å². The maximum atomic E-state index is 11.4. The summed E-state index contributed by atoms with van der Waals surface area (Å²) in [5.41, 5.74) is -0.358. The minimum absolute atomic E-state index is 0.101. The first kappa shape index (κ1) is 15.5. The van der Waals surface area contributed by atoms with E-state index in [9.17, 15) is 10.0 Å². The van der Waals surface area contributed by atoms with Gasteiger partial charge in [0, 0.05) is 0 Å². The van der Waals surface area contributed by atoms with E-state index < -0.39 is 11.9 Å². The van der Waals surface area contributed by atoms with Crippen LogP contribution in [0.15, 0.2) is 5.28 Å². The first-order chi connectivity index (χ1) is 7.66. The van der Waals surface area contributed by atoms with Gasteiger partial charge in [-0.25, -0.2) is 0 Å². The first-order valence-corrected chi connectivity index (χ1v) is 5.43. The van der Waals surface area contributed by atoms with Crippen LogP contribution in [0, 0.1) is 11.1 Å². The molecular weight excluding hydrogens is 226 g/mol. The van der Waals surface area contributed by atoms with Crippen LogP contribution in [-0.2, 0) is 9.63 Å². The third-order valence-corrected chi connectivity index (χ3v) is 2.42. The summed E-state index contributed by atoms with van der Waals surface area (Å²) in [5, 5.41) is 24.7. The van der Waals surface area contributed by atoms with Gasteiger partial charge in [-0.15, -0.1) is 5.01 Å². The zero-order chi connectivity index (χ0) is 13.6. The Morgan fingerprint density at radius 3 is 2.53 bits per heavy atom. The molecule has 7 nitrogen and oxygen atoms in total. The minimum atomic E-state index is -0.889. The Hall–Kier alpha value is -1.53. The van der Waals surface area contributed by atoms with Crippen molar-refractivity contribution in [1.29, 1.82) is 0 Å². The fourth-order valence-electron chi connectivity index (χ4n) is 0.755. The Morgan fingerprint density at radius 1 is 1.59 bits per heavy atom. The molecule has 0 rings (SSSR count). The van der Waals surface area contributed by atoms with Gasteiger partial charge < -0.3 is 15.2 Å². The van der Waals surface area contributed by atoms with Crippen molar-refractivity contribution >= 4 is 5.97 Å². The monoisotopic (exact) mass is 247 g/mol. The Balaban J connectivity index is 4.05. The smallest absolute Gasteiger partial charge is 0.306 e. The molecule has 0 aliphatic heterocycles. The van der Waals surface area contributed by atoms with Gasteiger partial charge in [-0.05, 0) is 27.2 Å². The number of hydrazine groups is 1. The SMILES string of the molecule is CC(CCO/N=[N+](/[O-])N(C)C(C)(C)C)C(=O)O. The van der Waals surface area contributed by atoms with E-state index >= 15 is 0 Å². The van der Waals surface area contributed by atoms with Gasteiger partial charge >= 0.3 is 5.97 Å². The summed E-state index contributed by atoms with van der Waals surface area (Å²) in [4.78, 5) is 15.6. The molecule has 0 bridgehead atoms. The van der Waals surface area contributed by atoms with E-state index in [-0.39, 0.29) is 12.1 Å². The average Bonchev–Trinajstić information content (AvgIpc) is 2.20. The number of nitrogens with zero attached hydrogens (tertiary/aromatic N) is 3. The summed E-state index contributed by atoms with van der Waals surface area (Å²) >= 11 is 0. The summed E-state index contributed by atoms with van der Waals surface area (Å²) in [6.07, 6.45) is 0.311.